The van der Waals surface area contributed by atoms with Crippen LogP contribution in [-0.4, -0.2) is 68.9 Å². The normalized spacial score (nSPS) is 20.1. The predicted molar refractivity (Wildman–Crippen MR) is 148 cm³/mol. The Bertz CT molecular complexity index is 1430. The molecule has 2 aromatic carbocycles. The Kier molecular flexibility index (Phi) is 7.17. The largest absolute Gasteiger partial charge is 0.380 e. The summed E-state index contributed by atoms with van der Waals surface area (Å²) in [6.07, 6.45) is 7.35. The molecule has 1 atom stereocenters. The minimum atomic E-state index is -0.978. The van der Waals surface area contributed by atoms with Crippen LogP contribution in [0, 0.1) is 0 Å². The number of imide groups is 2. The summed E-state index contributed by atoms with van der Waals surface area (Å²) in [5.41, 5.74) is 3.42. The van der Waals surface area contributed by atoms with Gasteiger partial charge in [0.15, 0.2) is 0 Å². The van der Waals surface area contributed by atoms with Crippen LogP contribution in [0.4, 0.5) is 5.69 Å². The summed E-state index contributed by atoms with van der Waals surface area (Å²) < 4.78 is 2.08. The molecule has 0 saturated carbocycles. The molecule has 3 aliphatic heterocycles. The number of piperidine rings is 2. The molecule has 206 valence electrons. The van der Waals surface area contributed by atoms with Crippen molar-refractivity contribution in [2.75, 3.05) is 25.0 Å². The first-order valence-corrected chi connectivity index (χ1v) is 13.9. The lowest BCUT2D eigenvalue weighted by Crippen LogP contribution is -2.54. The highest BCUT2D eigenvalue weighted by atomic mass is 16.2. The zero-order valence-corrected chi connectivity index (χ0v) is 22.2. The lowest BCUT2D eigenvalue weighted by atomic mass is 10.0. The van der Waals surface area contributed by atoms with E-state index in [1.54, 1.807) is 18.2 Å². The van der Waals surface area contributed by atoms with Crippen molar-refractivity contribution < 1.29 is 19.2 Å². The van der Waals surface area contributed by atoms with Crippen molar-refractivity contribution in [3.05, 3.63) is 83.2 Å². The van der Waals surface area contributed by atoms with E-state index >= 15 is 0 Å². The molecule has 0 aliphatic carbocycles. The first-order chi connectivity index (χ1) is 19.5. The van der Waals surface area contributed by atoms with Gasteiger partial charge in [0.25, 0.3) is 11.8 Å². The Hall–Kier alpha value is -4.31. The Morgan fingerprint density at radius 3 is 2.40 bits per heavy atom. The van der Waals surface area contributed by atoms with Crippen LogP contribution < -0.4 is 10.6 Å². The standard InChI is InChI=1S/C30H32N6O4/c37-26-10-9-25(28(38)33-26)36-29(39)23-3-1-4-24(27(23)30(36)40)31-19-21-7-5-20(6-8-21)11-16-34-17-12-22(13-18-34)35-15-2-14-32-35/h1-8,14-15,22,25,31H,9-13,16-19H2,(H,33,37,38). The number of carbonyl (C=O) groups is 4. The third-order valence-electron chi connectivity index (χ3n) is 8.15. The number of hydrogen-bond donors (Lipinski definition) is 2. The molecule has 1 aromatic heterocycles. The first kappa shape index (κ1) is 25.9. The molecular weight excluding hydrogens is 508 g/mol. The van der Waals surface area contributed by atoms with Gasteiger partial charge in [-0.25, -0.2) is 0 Å². The van der Waals surface area contributed by atoms with Crippen molar-refractivity contribution >= 4 is 29.3 Å². The minimum absolute atomic E-state index is 0.0928. The van der Waals surface area contributed by atoms with Gasteiger partial charge in [-0.15, -0.1) is 0 Å². The second-order valence-corrected chi connectivity index (χ2v) is 10.7. The molecule has 10 heteroatoms. The van der Waals surface area contributed by atoms with Gasteiger partial charge in [-0.3, -0.25) is 34.1 Å². The minimum Gasteiger partial charge on any atom is -0.380 e. The van der Waals surface area contributed by atoms with Crippen LogP contribution in [0.15, 0.2) is 60.9 Å². The van der Waals surface area contributed by atoms with Gasteiger partial charge in [-0.2, -0.15) is 5.10 Å². The molecule has 3 aliphatic rings. The molecule has 2 fully saturated rings. The van der Waals surface area contributed by atoms with Crippen LogP contribution in [0.2, 0.25) is 0 Å². The summed E-state index contributed by atoms with van der Waals surface area (Å²) >= 11 is 0. The number of rotatable bonds is 8. The molecule has 40 heavy (non-hydrogen) atoms. The van der Waals surface area contributed by atoms with Crippen molar-refractivity contribution in [3.63, 3.8) is 0 Å². The van der Waals surface area contributed by atoms with Crippen LogP contribution in [-0.2, 0) is 22.6 Å². The fourth-order valence-corrected chi connectivity index (χ4v) is 5.87. The average Bonchev–Trinajstić information content (AvgIpc) is 3.59. The fourth-order valence-electron chi connectivity index (χ4n) is 5.87. The van der Waals surface area contributed by atoms with Crippen LogP contribution in [0.25, 0.3) is 0 Å². The SMILES string of the molecule is O=C1CCC(N2C(=O)c3cccc(NCc4ccc(CCN5CCC(n6cccn6)CC5)cc4)c3C2=O)C(=O)N1. The zero-order chi connectivity index (χ0) is 27.6. The molecule has 0 spiro atoms. The number of anilines is 1. The molecule has 2 N–H and O–H groups in total. The predicted octanol–water partition coefficient (Wildman–Crippen LogP) is 2.78. The quantitative estimate of drug-likeness (QED) is 0.422. The second kappa shape index (κ2) is 11.1. The number of amides is 4. The van der Waals surface area contributed by atoms with Gasteiger partial charge in [0, 0.05) is 50.7 Å². The van der Waals surface area contributed by atoms with E-state index in [0.717, 1.165) is 49.4 Å². The summed E-state index contributed by atoms with van der Waals surface area (Å²) in [6, 6.07) is 15.0. The van der Waals surface area contributed by atoms with Crippen molar-refractivity contribution in [2.45, 2.75) is 50.7 Å². The number of nitrogens with zero attached hydrogens (tertiary/aromatic N) is 4. The molecule has 0 radical (unpaired) electrons. The van der Waals surface area contributed by atoms with E-state index in [9.17, 15) is 19.2 Å². The summed E-state index contributed by atoms with van der Waals surface area (Å²) in [5.74, 6) is -2.02. The van der Waals surface area contributed by atoms with Gasteiger partial charge in [-0.1, -0.05) is 30.3 Å². The maximum atomic E-state index is 13.3. The topological polar surface area (TPSA) is 117 Å². The third kappa shape index (κ3) is 5.14. The van der Waals surface area contributed by atoms with E-state index in [1.165, 1.54) is 5.56 Å². The zero-order valence-electron chi connectivity index (χ0n) is 22.2. The Morgan fingerprint density at radius 2 is 1.68 bits per heavy atom. The molecular formula is C30H32N6O4. The second-order valence-electron chi connectivity index (χ2n) is 10.7. The summed E-state index contributed by atoms with van der Waals surface area (Å²) in [5, 5.41) is 9.92. The van der Waals surface area contributed by atoms with Gasteiger partial charge in [0.05, 0.1) is 17.2 Å². The van der Waals surface area contributed by atoms with Crippen molar-refractivity contribution in [1.82, 2.24) is 24.9 Å². The molecule has 4 heterocycles. The molecule has 1 unspecified atom stereocenters. The number of carbonyl (C=O) groups excluding carboxylic acids is 4. The van der Waals surface area contributed by atoms with E-state index in [4.69, 9.17) is 0 Å². The van der Waals surface area contributed by atoms with E-state index in [-0.39, 0.29) is 24.0 Å². The van der Waals surface area contributed by atoms with Crippen molar-refractivity contribution in [3.8, 4) is 0 Å². The molecule has 2 saturated heterocycles. The summed E-state index contributed by atoms with van der Waals surface area (Å²) in [4.78, 5) is 53.7. The van der Waals surface area contributed by atoms with E-state index in [1.807, 2.05) is 12.3 Å². The summed E-state index contributed by atoms with van der Waals surface area (Å²) in [6.45, 7) is 3.67. The molecule has 4 amide bonds. The maximum absolute atomic E-state index is 13.3. The highest BCUT2D eigenvalue weighted by Gasteiger charge is 2.45. The first-order valence-electron chi connectivity index (χ1n) is 13.9. The van der Waals surface area contributed by atoms with Gasteiger partial charge >= 0.3 is 0 Å². The number of aromatic nitrogens is 2. The van der Waals surface area contributed by atoms with Crippen LogP contribution in [0.3, 0.4) is 0 Å². The Morgan fingerprint density at radius 1 is 0.900 bits per heavy atom. The van der Waals surface area contributed by atoms with Gasteiger partial charge in [0.2, 0.25) is 11.8 Å². The molecule has 3 aromatic rings. The summed E-state index contributed by atoms with van der Waals surface area (Å²) in [7, 11) is 0. The van der Waals surface area contributed by atoms with Crippen LogP contribution in [0.5, 0.6) is 0 Å². The number of benzene rings is 2. The van der Waals surface area contributed by atoms with E-state index < -0.39 is 29.7 Å². The van der Waals surface area contributed by atoms with Crippen molar-refractivity contribution in [1.29, 1.82) is 0 Å². The fraction of sp³-hybridized carbons (Fsp3) is 0.367. The van der Waals surface area contributed by atoms with Gasteiger partial charge < -0.3 is 10.2 Å². The number of fused-ring (bicyclic) bond motifs is 1. The van der Waals surface area contributed by atoms with Gasteiger partial charge in [-0.05, 0) is 55.0 Å². The monoisotopic (exact) mass is 540 g/mol. The maximum Gasteiger partial charge on any atom is 0.264 e. The molecule has 0 bridgehead atoms. The number of hydrogen-bond acceptors (Lipinski definition) is 7. The van der Waals surface area contributed by atoms with Crippen molar-refractivity contribution in [2.24, 2.45) is 0 Å². The molecule has 10 nitrogen and oxygen atoms in total. The number of likely N-dealkylation sites (tertiary alicyclic amines) is 1. The van der Waals surface area contributed by atoms with E-state index in [0.29, 0.717) is 18.3 Å². The third-order valence-corrected chi connectivity index (χ3v) is 8.15. The van der Waals surface area contributed by atoms with Gasteiger partial charge in [0.1, 0.15) is 6.04 Å². The Labute approximate surface area is 232 Å². The highest BCUT2D eigenvalue weighted by molar-refractivity contribution is 6.25. The average molecular weight is 541 g/mol. The Balaban J connectivity index is 1.03. The lowest BCUT2D eigenvalue weighted by Gasteiger charge is -2.32. The highest BCUT2D eigenvalue weighted by Crippen LogP contribution is 2.32. The van der Waals surface area contributed by atoms with Crippen LogP contribution in [0.1, 0.15) is 63.6 Å². The van der Waals surface area contributed by atoms with Crippen LogP contribution >= 0.6 is 0 Å². The number of nitrogens with one attached hydrogen (secondary N) is 2. The molecule has 6 rings (SSSR count). The smallest absolute Gasteiger partial charge is 0.264 e. The van der Waals surface area contributed by atoms with E-state index in [2.05, 4.69) is 55.8 Å². The lowest BCUT2D eigenvalue weighted by molar-refractivity contribution is -0.136.